The first-order chi connectivity index (χ1) is 8.70. The van der Waals surface area contributed by atoms with Gasteiger partial charge in [-0.05, 0) is 13.0 Å². The third-order valence-corrected chi connectivity index (χ3v) is 3.15. The molecule has 0 unspecified atom stereocenters. The lowest BCUT2D eigenvalue weighted by Gasteiger charge is -2.10. The van der Waals surface area contributed by atoms with E-state index in [0.717, 1.165) is 23.6 Å². The fourth-order valence-electron chi connectivity index (χ4n) is 1.84. The Balaban J connectivity index is 1.96. The number of aromatic nitrogens is 2. The van der Waals surface area contributed by atoms with Crippen LogP contribution < -0.4 is 4.74 Å². The minimum Gasteiger partial charge on any atom is -0.493 e. The number of rotatable bonds is 5. The summed E-state index contributed by atoms with van der Waals surface area (Å²) in [5.41, 5.74) is 2.23. The molecule has 0 bridgehead atoms. The van der Waals surface area contributed by atoms with E-state index in [1.807, 2.05) is 36.9 Å². The third-order valence-electron chi connectivity index (χ3n) is 2.86. The summed E-state index contributed by atoms with van der Waals surface area (Å²) in [5.74, 6) is 2.36. The lowest BCUT2D eigenvalue weighted by atomic mass is 10.1. The summed E-state index contributed by atoms with van der Waals surface area (Å²) >= 11 is 5.91. The molecule has 1 heterocycles. The van der Waals surface area contributed by atoms with Gasteiger partial charge in [0.2, 0.25) is 0 Å². The molecule has 3 nitrogen and oxygen atoms in total. The number of alkyl halides is 1. The summed E-state index contributed by atoms with van der Waals surface area (Å²) in [6.07, 6.45) is 4.52. The number of hydrogen-bond donors (Lipinski definition) is 0. The Morgan fingerprint density at radius 3 is 2.89 bits per heavy atom. The first-order valence-electron chi connectivity index (χ1n) is 5.95. The van der Waals surface area contributed by atoms with Crippen LogP contribution in [0.5, 0.6) is 5.75 Å². The van der Waals surface area contributed by atoms with Crippen molar-refractivity contribution < 1.29 is 4.74 Å². The Labute approximate surface area is 112 Å². The van der Waals surface area contributed by atoms with Gasteiger partial charge in [0.05, 0.1) is 12.5 Å². The second-order valence-electron chi connectivity index (χ2n) is 4.30. The zero-order valence-electron chi connectivity index (χ0n) is 10.7. The first-order valence-corrected chi connectivity index (χ1v) is 6.48. The first kappa shape index (κ1) is 13.0. The highest BCUT2D eigenvalue weighted by Crippen LogP contribution is 2.21. The second-order valence-corrected chi connectivity index (χ2v) is 4.56. The van der Waals surface area contributed by atoms with E-state index in [4.69, 9.17) is 16.3 Å². The van der Waals surface area contributed by atoms with Crippen LogP contribution in [0.15, 0.2) is 30.6 Å². The molecule has 2 rings (SSSR count). The summed E-state index contributed by atoms with van der Waals surface area (Å²) in [6.45, 7) is 2.66. The highest BCUT2D eigenvalue weighted by molar-refractivity contribution is 6.17. The molecule has 0 radical (unpaired) electrons. The molecule has 0 fully saturated rings. The molecule has 0 aliphatic heterocycles. The Hall–Kier alpha value is -1.48. The van der Waals surface area contributed by atoms with Crippen molar-refractivity contribution in [3.8, 4) is 5.75 Å². The Morgan fingerprint density at radius 2 is 2.22 bits per heavy atom. The van der Waals surface area contributed by atoms with E-state index >= 15 is 0 Å². The summed E-state index contributed by atoms with van der Waals surface area (Å²) in [5, 5.41) is 0. The summed E-state index contributed by atoms with van der Waals surface area (Å²) in [7, 11) is 1.98. The number of ether oxygens (including phenoxy) is 1. The van der Waals surface area contributed by atoms with Gasteiger partial charge in [-0.25, -0.2) is 4.98 Å². The Kier molecular flexibility index (Phi) is 4.26. The van der Waals surface area contributed by atoms with Crippen LogP contribution in [0, 0.1) is 6.92 Å². The molecular formula is C14H17ClN2O. The van der Waals surface area contributed by atoms with Gasteiger partial charge in [0.25, 0.3) is 0 Å². The molecular weight excluding hydrogens is 248 g/mol. The maximum atomic E-state index is 5.91. The van der Waals surface area contributed by atoms with Crippen molar-refractivity contribution in [3.05, 3.63) is 47.5 Å². The van der Waals surface area contributed by atoms with Gasteiger partial charge < -0.3 is 9.30 Å². The number of imidazole rings is 1. The number of nitrogens with zero attached hydrogens (tertiary/aromatic N) is 2. The number of benzene rings is 1. The van der Waals surface area contributed by atoms with Gasteiger partial charge >= 0.3 is 0 Å². The van der Waals surface area contributed by atoms with E-state index in [9.17, 15) is 0 Å². The average Bonchev–Trinajstić information content (AvgIpc) is 2.77. The molecule has 2 aromatic rings. The van der Waals surface area contributed by atoms with Crippen molar-refractivity contribution in [2.75, 3.05) is 6.61 Å². The predicted octanol–water partition coefficient (Wildman–Crippen LogP) is 3.09. The van der Waals surface area contributed by atoms with Gasteiger partial charge in [0, 0.05) is 31.4 Å². The second kappa shape index (κ2) is 5.91. The third kappa shape index (κ3) is 3.05. The number of aryl methyl sites for hydroxylation is 2. The smallest absolute Gasteiger partial charge is 0.123 e. The predicted molar refractivity (Wildman–Crippen MR) is 73.1 cm³/mol. The minimum absolute atomic E-state index is 0.472. The molecule has 0 spiro atoms. The van der Waals surface area contributed by atoms with Crippen molar-refractivity contribution in [1.82, 2.24) is 9.55 Å². The summed E-state index contributed by atoms with van der Waals surface area (Å²) in [6, 6.07) is 6.07. The normalized spacial score (nSPS) is 10.6. The van der Waals surface area contributed by atoms with Crippen LogP contribution in [-0.4, -0.2) is 16.2 Å². The highest BCUT2D eigenvalue weighted by atomic mass is 35.5. The molecule has 4 heteroatoms. The fourth-order valence-corrected chi connectivity index (χ4v) is 2.05. The molecule has 0 N–H and O–H groups in total. The Bertz CT molecular complexity index is 522. The molecule has 0 aliphatic carbocycles. The van der Waals surface area contributed by atoms with Crippen LogP contribution in [0.25, 0.3) is 0 Å². The van der Waals surface area contributed by atoms with E-state index in [2.05, 4.69) is 11.1 Å². The monoisotopic (exact) mass is 264 g/mol. The fraction of sp³-hybridized carbons (Fsp3) is 0.357. The highest BCUT2D eigenvalue weighted by Gasteiger charge is 2.04. The maximum Gasteiger partial charge on any atom is 0.123 e. The minimum atomic E-state index is 0.472. The molecule has 1 aromatic heterocycles. The maximum absolute atomic E-state index is 5.91. The topological polar surface area (TPSA) is 27.1 Å². The van der Waals surface area contributed by atoms with Crippen molar-refractivity contribution in [1.29, 1.82) is 0 Å². The molecule has 0 saturated heterocycles. The largest absolute Gasteiger partial charge is 0.493 e. The molecule has 0 atom stereocenters. The quantitative estimate of drug-likeness (QED) is 0.776. The van der Waals surface area contributed by atoms with Crippen molar-refractivity contribution in [3.63, 3.8) is 0 Å². The van der Waals surface area contributed by atoms with Gasteiger partial charge in [-0.2, -0.15) is 0 Å². The molecule has 0 amide bonds. The molecule has 0 saturated carbocycles. The lowest BCUT2D eigenvalue weighted by molar-refractivity contribution is 0.315. The SMILES string of the molecule is Cc1ccc(OCCc2nccn2C)c(CCl)c1. The van der Waals surface area contributed by atoms with Crippen LogP contribution in [0.3, 0.4) is 0 Å². The van der Waals surface area contributed by atoms with Crippen LogP contribution in [0.1, 0.15) is 17.0 Å². The van der Waals surface area contributed by atoms with E-state index in [1.54, 1.807) is 6.20 Å². The van der Waals surface area contributed by atoms with Crippen LogP contribution >= 0.6 is 11.6 Å². The van der Waals surface area contributed by atoms with Gasteiger partial charge in [-0.1, -0.05) is 17.7 Å². The number of hydrogen-bond acceptors (Lipinski definition) is 2. The van der Waals surface area contributed by atoms with E-state index < -0.39 is 0 Å². The van der Waals surface area contributed by atoms with Crippen molar-refractivity contribution in [2.45, 2.75) is 19.2 Å². The Morgan fingerprint density at radius 1 is 1.39 bits per heavy atom. The molecule has 96 valence electrons. The van der Waals surface area contributed by atoms with Crippen LogP contribution in [0.4, 0.5) is 0 Å². The summed E-state index contributed by atoms with van der Waals surface area (Å²) in [4.78, 5) is 4.26. The standard InChI is InChI=1S/C14H17ClN2O/c1-11-3-4-13(12(9-11)10-15)18-8-5-14-16-6-7-17(14)2/h3-4,6-7,9H,5,8,10H2,1-2H3. The van der Waals surface area contributed by atoms with E-state index in [0.29, 0.717) is 12.5 Å². The van der Waals surface area contributed by atoms with E-state index in [-0.39, 0.29) is 0 Å². The number of halogens is 1. The van der Waals surface area contributed by atoms with E-state index in [1.165, 1.54) is 5.56 Å². The molecule has 1 aromatic carbocycles. The zero-order chi connectivity index (χ0) is 13.0. The average molecular weight is 265 g/mol. The van der Waals surface area contributed by atoms with Crippen molar-refractivity contribution in [2.24, 2.45) is 7.05 Å². The van der Waals surface area contributed by atoms with Gasteiger partial charge in [0.15, 0.2) is 0 Å². The lowest BCUT2D eigenvalue weighted by Crippen LogP contribution is -2.07. The van der Waals surface area contributed by atoms with Gasteiger partial charge in [-0.15, -0.1) is 11.6 Å². The molecule has 18 heavy (non-hydrogen) atoms. The van der Waals surface area contributed by atoms with Crippen molar-refractivity contribution >= 4 is 11.6 Å². The summed E-state index contributed by atoms with van der Waals surface area (Å²) < 4.78 is 7.77. The van der Waals surface area contributed by atoms with Gasteiger partial charge in [0.1, 0.15) is 11.6 Å². The molecule has 0 aliphatic rings. The zero-order valence-corrected chi connectivity index (χ0v) is 11.4. The van der Waals surface area contributed by atoms with Crippen LogP contribution in [-0.2, 0) is 19.3 Å². The van der Waals surface area contributed by atoms with Gasteiger partial charge in [-0.3, -0.25) is 0 Å². The van der Waals surface area contributed by atoms with Crippen LogP contribution in [0.2, 0.25) is 0 Å².